The number of likely N-dealkylation sites (N-methyl/N-ethyl adjacent to an activating group) is 2. The third-order valence-corrected chi connectivity index (χ3v) is 12.6. The Bertz CT molecular complexity index is 2960. The minimum Gasteiger partial charge on any atom is -0.748 e. The van der Waals surface area contributed by atoms with Gasteiger partial charge in [-0.15, -0.1) is 0 Å². The lowest BCUT2D eigenvalue weighted by molar-refractivity contribution is 0.0696. The normalized spacial score (nSPS) is 15.7. The van der Waals surface area contributed by atoms with Gasteiger partial charge in [-0.05, 0) is 91.4 Å². The van der Waals surface area contributed by atoms with Crippen molar-refractivity contribution < 1.29 is 37.2 Å². The van der Waals surface area contributed by atoms with Crippen LogP contribution in [0.25, 0.3) is 27.2 Å². The number of azide groups is 1. The molecule has 16 heteroatoms. The molecule has 320 valence electrons. The van der Waals surface area contributed by atoms with E-state index in [9.17, 15) is 32.5 Å². The summed E-state index contributed by atoms with van der Waals surface area (Å²) in [5.74, 6) is -1.86. The summed E-state index contributed by atoms with van der Waals surface area (Å²) >= 11 is 0. The standard InChI is InChI=1S/C46H47N7O8S/c1-8-26-22-45(2,3)52(6)37-20-40-35(18-32(26)37)42(36-19-33-29(25-62(58,59)60)23-46(4,5)53(7)38(33)21-41(36)61-40)31-12-11-28(17-34(31)44(56)57)43(55)49-14-9-10-39(54)27-13-15-48-30(16-27)24-50-51-47/h11-13,15-23H,8-10,14,24-25H2,1-7H3,(H2-,49,55,56,57,58,59,60). The predicted octanol–water partition coefficient (Wildman–Crippen LogP) is 6.20. The van der Waals surface area contributed by atoms with E-state index in [-0.39, 0.29) is 42.0 Å². The van der Waals surface area contributed by atoms with Crippen LogP contribution in [-0.2, 0) is 16.7 Å². The van der Waals surface area contributed by atoms with Crippen molar-refractivity contribution in [2.45, 2.75) is 71.5 Å². The highest BCUT2D eigenvalue weighted by Crippen LogP contribution is 2.46. The van der Waals surface area contributed by atoms with Crippen LogP contribution in [0.2, 0.25) is 0 Å². The minimum atomic E-state index is -4.70. The Kier molecular flexibility index (Phi) is 11.5. The molecule has 0 bridgehead atoms. The maximum Gasteiger partial charge on any atom is 0.336 e. The summed E-state index contributed by atoms with van der Waals surface area (Å²) in [5.41, 5.74) is 13.1. The highest BCUT2D eigenvalue weighted by atomic mass is 32.2. The molecule has 3 aliphatic heterocycles. The highest BCUT2D eigenvalue weighted by molar-refractivity contribution is 7.86. The lowest BCUT2D eigenvalue weighted by Crippen LogP contribution is -2.47. The molecular formula is C46H47N7O8S. The molecule has 0 atom stereocenters. The maximum atomic E-state index is 13.5. The Balaban J connectivity index is 1.32. The Hall–Kier alpha value is -6.61. The molecule has 0 radical (unpaired) electrons. The molecule has 1 amide bonds. The fraction of sp³-hybridized carbons (Fsp3) is 0.326. The Morgan fingerprint density at radius 3 is 2.42 bits per heavy atom. The molecule has 62 heavy (non-hydrogen) atoms. The van der Waals surface area contributed by atoms with Crippen molar-refractivity contribution in [2.75, 3.05) is 31.3 Å². The zero-order chi connectivity index (χ0) is 44.9. The van der Waals surface area contributed by atoms with Crippen molar-refractivity contribution in [3.63, 3.8) is 0 Å². The summed E-state index contributed by atoms with van der Waals surface area (Å²) in [6.07, 6.45) is 6.58. The van der Waals surface area contributed by atoms with E-state index in [0.29, 0.717) is 67.9 Å². The molecule has 3 aliphatic rings. The van der Waals surface area contributed by atoms with E-state index in [4.69, 9.17) is 10.3 Å². The molecule has 1 aromatic heterocycles. The molecular weight excluding hydrogens is 811 g/mol. The van der Waals surface area contributed by atoms with E-state index in [1.807, 2.05) is 45.0 Å². The van der Waals surface area contributed by atoms with Gasteiger partial charge in [0.05, 0.1) is 39.6 Å². The number of anilines is 1. The lowest BCUT2D eigenvalue weighted by atomic mass is 9.83. The van der Waals surface area contributed by atoms with E-state index in [1.165, 1.54) is 12.3 Å². The number of allylic oxidation sites excluding steroid dienone is 1. The monoisotopic (exact) mass is 857 g/mol. The number of nitrogens with zero attached hydrogens (tertiary/aromatic N) is 6. The number of carbonyl (C=O) groups excluding carboxylic acids is 2. The molecule has 3 aromatic carbocycles. The van der Waals surface area contributed by atoms with Crippen molar-refractivity contribution in [1.29, 1.82) is 0 Å². The molecule has 0 aliphatic carbocycles. The van der Waals surface area contributed by atoms with Gasteiger partial charge in [0, 0.05) is 101 Å². The number of Topliss-reactive ketones (excluding diaryl/α,β-unsaturated/α-hetero) is 1. The summed E-state index contributed by atoms with van der Waals surface area (Å²) in [5, 5.41) is 18.6. The molecule has 0 unspecified atom stereocenters. The largest absolute Gasteiger partial charge is 0.748 e. The lowest BCUT2D eigenvalue weighted by Gasteiger charge is -2.42. The second-order valence-electron chi connectivity index (χ2n) is 16.8. The number of ether oxygens (including phenoxy) is 1. The van der Waals surface area contributed by atoms with E-state index in [0.717, 1.165) is 22.9 Å². The van der Waals surface area contributed by atoms with Crippen LogP contribution in [-0.4, -0.2) is 78.2 Å². The average Bonchev–Trinajstić information content (AvgIpc) is 3.22. The molecule has 0 saturated carbocycles. The van der Waals surface area contributed by atoms with Crippen molar-refractivity contribution in [3.05, 3.63) is 139 Å². The van der Waals surface area contributed by atoms with Gasteiger partial charge in [0.25, 0.3) is 5.91 Å². The molecule has 0 saturated heterocycles. The number of pyridine rings is 1. The van der Waals surface area contributed by atoms with Crippen LogP contribution in [0.3, 0.4) is 0 Å². The topological polar surface area (TPSA) is 218 Å². The maximum absolute atomic E-state index is 13.5. The third-order valence-electron chi connectivity index (χ3n) is 11.9. The smallest absolute Gasteiger partial charge is 0.336 e. The van der Waals surface area contributed by atoms with Crippen LogP contribution in [0.15, 0.2) is 78.1 Å². The number of aromatic nitrogens is 1. The van der Waals surface area contributed by atoms with E-state index in [1.54, 1.807) is 42.5 Å². The van der Waals surface area contributed by atoms with Crippen molar-refractivity contribution >= 4 is 50.2 Å². The number of ketones is 1. The Morgan fingerprint density at radius 2 is 1.73 bits per heavy atom. The van der Waals surface area contributed by atoms with Gasteiger partial charge >= 0.3 is 5.97 Å². The first-order valence-corrected chi connectivity index (χ1v) is 21.7. The predicted molar refractivity (Wildman–Crippen MR) is 235 cm³/mol. The molecule has 0 fully saturated rings. The SMILES string of the molecule is CCC1=CC(C)(C)[N+](C)=c2cc3c(cc21)=C(c1ccc(C(=O)NCCCC(=O)c2ccnc(CN=[N+]=[N-])c2)cc1C(=O)O)c1cc2c(cc1O3)N(C)C(C)(C)C=C2CS(=O)(=O)[O-]. The van der Waals surface area contributed by atoms with Gasteiger partial charge in [0.1, 0.15) is 18.5 Å². The minimum absolute atomic E-state index is 0.0112. The molecule has 0 spiro atoms. The van der Waals surface area contributed by atoms with Crippen molar-refractivity contribution in [2.24, 2.45) is 5.11 Å². The fourth-order valence-corrected chi connectivity index (χ4v) is 8.99. The zero-order valence-corrected chi connectivity index (χ0v) is 36.4. The van der Waals surface area contributed by atoms with Crippen LogP contribution < -0.4 is 30.1 Å². The van der Waals surface area contributed by atoms with Gasteiger partial charge in [-0.25, -0.2) is 17.8 Å². The summed E-state index contributed by atoms with van der Waals surface area (Å²) in [7, 11) is -0.819. The fourth-order valence-electron chi connectivity index (χ4n) is 8.37. The molecule has 2 N–H and O–H groups in total. The summed E-state index contributed by atoms with van der Waals surface area (Å²) < 4.78 is 45.7. The van der Waals surface area contributed by atoms with Gasteiger partial charge < -0.3 is 24.6 Å². The van der Waals surface area contributed by atoms with Gasteiger partial charge in [-0.3, -0.25) is 14.6 Å². The summed E-state index contributed by atoms with van der Waals surface area (Å²) in [6, 6.07) is 15.1. The first kappa shape index (κ1) is 43.5. The van der Waals surface area contributed by atoms with Crippen LogP contribution in [0.4, 0.5) is 5.69 Å². The van der Waals surface area contributed by atoms with E-state index < -0.39 is 33.3 Å². The van der Waals surface area contributed by atoms with Gasteiger partial charge in [-0.1, -0.05) is 24.2 Å². The number of aromatic carboxylic acids is 1. The molecule has 15 nitrogen and oxygen atoms in total. The van der Waals surface area contributed by atoms with E-state index in [2.05, 4.69) is 51.7 Å². The first-order chi connectivity index (χ1) is 29.2. The summed E-state index contributed by atoms with van der Waals surface area (Å²) in [4.78, 5) is 48.4. The van der Waals surface area contributed by atoms with E-state index >= 15 is 0 Å². The molecule has 7 rings (SSSR count). The number of hydrogen-bond acceptors (Lipinski definition) is 10. The highest BCUT2D eigenvalue weighted by Gasteiger charge is 2.36. The number of carboxylic acid groups (broad SMARTS) is 1. The van der Waals surface area contributed by atoms with Crippen molar-refractivity contribution in [3.8, 4) is 11.5 Å². The molecule has 4 heterocycles. The van der Waals surface area contributed by atoms with Crippen LogP contribution in [0, 0.1) is 0 Å². The number of amides is 1. The number of carboxylic acids is 1. The Morgan fingerprint density at radius 1 is 0.968 bits per heavy atom. The Labute approximate surface area is 359 Å². The van der Waals surface area contributed by atoms with Crippen LogP contribution in [0.5, 0.6) is 11.5 Å². The number of fused-ring (bicyclic) bond motifs is 4. The number of benzene rings is 3. The van der Waals surface area contributed by atoms with Crippen molar-refractivity contribution in [1.82, 2.24) is 14.9 Å². The van der Waals surface area contributed by atoms with Crippen LogP contribution >= 0.6 is 0 Å². The average molecular weight is 858 g/mol. The second-order valence-corrected chi connectivity index (χ2v) is 18.2. The van der Waals surface area contributed by atoms with Gasteiger partial charge in [-0.2, -0.15) is 0 Å². The number of hydrogen-bond donors (Lipinski definition) is 2. The van der Waals surface area contributed by atoms with Gasteiger partial charge in [0.15, 0.2) is 11.3 Å². The molecule has 4 aromatic rings. The van der Waals surface area contributed by atoms with Crippen LogP contribution in [0.1, 0.15) is 113 Å². The third kappa shape index (κ3) is 8.36. The summed E-state index contributed by atoms with van der Waals surface area (Å²) in [6.45, 7) is 10.3. The quantitative estimate of drug-likeness (QED) is 0.0260. The second kappa shape index (κ2) is 16.3. The van der Waals surface area contributed by atoms with Gasteiger partial charge in [0.2, 0.25) is 5.36 Å². The number of nitrogens with one attached hydrogen (secondary N) is 1. The number of rotatable bonds is 13. The zero-order valence-electron chi connectivity index (χ0n) is 35.6. The number of carbonyl (C=O) groups is 3. The first-order valence-electron chi connectivity index (χ1n) is 20.1.